The number of anilines is 1. The fourth-order valence-electron chi connectivity index (χ4n) is 3.68. The first-order valence-electron chi connectivity index (χ1n) is 11.9. The Hall–Kier alpha value is -2.93. The van der Waals surface area contributed by atoms with Crippen molar-refractivity contribution in [3.8, 4) is 0 Å². The SMILES string of the molecule is CC(=O)Nc1ccn(C2(O)OC[C@H](OCP(=O)(OC(C)C)OC(C)C)[C@H]2OC(=O)c2ccccc2)c(=O)n1. The first-order valence-corrected chi connectivity index (χ1v) is 13.6. The van der Waals surface area contributed by atoms with E-state index in [2.05, 4.69) is 10.3 Å². The van der Waals surface area contributed by atoms with Crippen LogP contribution in [0.3, 0.4) is 0 Å². The smallest absolute Gasteiger partial charge is 0.356 e. The minimum Gasteiger partial charge on any atom is -0.448 e. The number of aliphatic hydroxyl groups is 1. The molecule has 3 rings (SSSR count). The third-order valence-electron chi connectivity index (χ3n) is 5.05. The van der Waals surface area contributed by atoms with Crippen LogP contribution in [0.1, 0.15) is 45.0 Å². The van der Waals surface area contributed by atoms with E-state index in [9.17, 15) is 24.1 Å². The maximum atomic E-state index is 13.3. The number of hydrogen-bond donors (Lipinski definition) is 2. The third-order valence-corrected chi connectivity index (χ3v) is 7.01. The summed E-state index contributed by atoms with van der Waals surface area (Å²) >= 11 is 0. The molecule has 14 heteroatoms. The van der Waals surface area contributed by atoms with Gasteiger partial charge in [0.05, 0.1) is 24.4 Å². The zero-order valence-corrected chi connectivity index (χ0v) is 22.6. The van der Waals surface area contributed by atoms with E-state index in [1.165, 1.54) is 25.1 Å². The molecule has 2 heterocycles. The fourth-order valence-corrected chi connectivity index (χ4v) is 5.51. The van der Waals surface area contributed by atoms with E-state index in [0.29, 0.717) is 4.57 Å². The van der Waals surface area contributed by atoms with E-state index in [-0.39, 0.29) is 18.0 Å². The molecular formula is C24H32N3O10P. The second-order valence-electron chi connectivity index (χ2n) is 9.06. The maximum Gasteiger partial charge on any atom is 0.356 e. The van der Waals surface area contributed by atoms with Crippen molar-refractivity contribution in [3.05, 3.63) is 58.6 Å². The van der Waals surface area contributed by atoms with E-state index in [4.69, 9.17) is 23.3 Å². The van der Waals surface area contributed by atoms with E-state index in [0.717, 1.165) is 6.20 Å². The highest BCUT2D eigenvalue weighted by Crippen LogP contribution is 2.51. The van der Waals surface area contributed by atoms with Crippen LogP contribution in [0.2, 0.25) is 0 Å². The molecule has 38 heavy (non-hydrogen) atoms. The summed E-state index contributed by atoms with van der Waals surface area (Å²) in [7, 11) is -3.77. The lowest BCUT2D eigenvalue weighted by molar-refractivity contribution is -0.277. The topological polar surface area (TPSA) is 165 Å². The molecule has 1 unspecified atom stereocenters. The van der Waals surface area contributed by atoms with Crippen molar-refractivity contribution in [2.45, 2.75) is 64.9 Å². The molecule has 0 aliphatic carbocycles. The molecule has 0 bridgehead atoms. The number of ether oxygens (including phenoxy) is 3. The molecule has 1 aromatic carbocycles. The minimum absolute atomic E-state index is 0.0522. The highest BCUT2D eigenvalue weighted by molar-refractivity contribution is 7.53. The van der Waals surface area contributed by atoms with Crippen molar-refractivity contribution in [3.63, 3.8) is 0 Å². The molecular weight excluding hydrogens is 521 g/mol. The summed E-state index contributed by atoms with van der Waals surface area (Å²) in [6.07, 6.45) is -3.10. The van der Waals surface area contributed by atoms with Gasteiger partial charge in [0.25, 0.3) is 5.91 Å². The molecule has 1 aliphatic rings. The first kappa shape index (κ1) is 29.6. The van der Waals surface area contributed by atoms with Crippen molar-refractivity contribution in [1.29, 1.82) is 0 Å². The van der Waals surface area contributed by atoms with Gasteiger partial charge in [-0.15, -0.1) is 0 Å². The predicted octanol–water partition coefficient (Wildman–Crippen LogP) is 2.45. The Labute approximate surface area is 219 Å². The van der Waals surface area contributed by atoms with Crippen LogP contribution < -0.4 is 11.0 Å². The standard InChI is InChI=1S/C24H32N3O10P/c1-15(2)36-38(32,37-16(3)4)14-33-19-13-34-24(31,21(19)35-22(29)18-9-7-6-8-10-18)27-12-11-20(25-17(5)28)26-23(27)30/h6-12,15-16,19,21,31H,13-14H2,1-5H3,(H,25,26,28,30)/t19-,21+,24?/m0/s1. The molecule has 1 amide bonds. The Morgan fingerprint density at radius 1 is 1.18 bits per heavy atom. The lowest BCUT2D eigenvalue weighted by atomic mass is 10.1. The average molecular weight is 554 g/mol. The van der Waals surface area contributed by atoms with E-state index >= 15 is 0 Å². The van der Waals surface area contributed by atoms with Gasteiger partial charge in [-0.25, -0.2) is 14.2 Å². The summed E-state index contributed by atoms with van der Waals surface area (Å²) < 4.78 is 41.9. The van der Waals surface area contributed by atoms with Crippen molar-refractivity contribution in [2.24, 2.45) is 0 Å². The third kappa shape index (κ3) is 7.34. The van der Waals surface area contributed by atoms with Crippen LogP contribution in [0.4, 0.5) is 5.82 Å². The zero-order chi connectivity index (χ0) is 28.1. The average Bonchev–Trinajstić information content (AvgIpc) is 3.12. The Morgan fingerprint density at radius 3 is 2.37 bits per heavy atom. The van der Waals surface area contributed by atoms with E-state index in [1.807, 2.05) is 0 Å². The summed E-state index contributed by atoms with van der Waals surface area (Å²) in [6.45, 7) is 7.62. The number of benzene rings is 1. The summed E-state index contributed by atoms with van der Waals surface area (Å²) in [5.41, 5.74) is -0.832. The molecule has 1 aromatic heterocycles. The number of hydrogen-bond acceptors (Lipinski definition) is 11. The van der Waals surface area contributed by atoms with Crippen LogP contribution in [-0.4, -0.2) is 63.9 Å². The summed E-state index contributed by atoms with van der Waals surface area (Å²) in [4.78, 5) is 40.7. The van der Waals surface area contributed by atoms with Crippen LogP contribution >= 0.6 is 7.60 Å². The normalized spacial score (nSPS) is 21.6. The van der Waals surface area contributed by atoms with Gasteiger partial charge < -0.3 is 33.7 Å². The molecule has 2 N–H and O–H groups in total. The quantitative estimate of drug-likeness (QED) is 0.310. The van der Waals surface area contributed by atoms with Crippen LogP contribution in [0, 0.1) is 0 Å². The molecule has 208 valence electrons. The molecule has 2 aromatic rings. The monoisotopic (exact) mass is 553 g/mol. The molecule has 0 saturated carbocycles. The Morgan fingerprint density at radius 2 is 1.82 bits per heavy atom. The maximum absolute atomic E-state index is 13.3. The molecule has 3 atom stereocenters. The summed E-state index contributed by atoms with van der Waals surface area (Å²) in [6, 6.07) is 9.23. The Balaban J connectivity index is 1.93. The second kappa shape index (κ2) is 12.3. The second-order valence-corrected chi connectivity index (χ2v) is 11.0. The van der Waals surface area contributed by atoms with E-state index in [1.54, 1.807) is 45.9 Å². The number of nitrogens with one attached hydrogen (secondary N) is 1. The summed E-state index contributed by atoms with van der Waals surface area (Å²) in [5, 5.41) is 13.8. The van der Waals surface area contributed by atoms with Gasteiger partial charge in [-0.3, -0.25) is 9.36 Å². The van der Waals surface area contributed by atoms with Crippen molar-refractivity contribution >= 4 is 25.3 Å². The van der Waals surface area contributed by atoms with Crippen molar-refractivity contribution in [2.75, 3.05) is 18.3 Å². The molecule has 0 spiro atoms. The van der Waals surface area contributed by atoms with Gasteiger partial charge in [0, 0.05) is 13.1 Å². The first-order chi connectivity index (χ1) is 17.8. The summed E-state index contributed by atoms with van der Waals surface area (Å²) in [5.74, 6) is -3.88. The highest BCUT2D eigenvalue weighted by atomic mass is 31.2. The number of carbonyl (C=O) groups is 2. The Bertz CT molecular complexity index is 1220. The number of carbonyl (C=O) groups excluding carboxylic acids is 2. The molecule has 0 radical (unpaired) electrons. The molecule has 1 aliphatic heterocycles. The predicted molar refractivity (Wildman–Crippen MR) is 134 cm³/mol. The Kier molecular flexibility index (Phi) is 9.58. The lowest BCUT2D eigenvalue weighted by Gasteiger charge is -2.31. The van der Waals surface area contributed by atoms with Crippen LogP contribution in [0.15, 0.2) is 47.4 Å². The number of amides is 1. The largest absolute Gasteiger partial charge is 0.448 e. The van der Waals surface area contributed by atoms with Gasteiger partial charge in [-0.05, 0) is 45.9 Å². The fraction of sp³-hybridized carbons (Fsp3) is 0.500. The van der Waals surface area contributed by atoms with Crippen LogP contribution in [0.5, 0.6) is 0 Å². The van der Waals surface area contributed by atoms with Crippen molar-refractivity contribution < 1.29 is 42.5 Å². The molecule has 1 saturated heterocycles. The minimum atomic E-state index is -3.77. The number of esters is 1. The lowest BCUT2D eigenvalue weighted by Crippen LogP contribution is -2.52. The van der Waals surface area contributed by atoms with Crippen molar-refractivity contribution in [1.82, 2.24) is 9.55 Å². The number of aromatic nitrogens is 2. The van der Waals surface area contributed by atoms with Crippen LogP contribution in [-0.2, 0) is 38.5 Å². The molecule has 1 fully saturated rings. The van der Waals surface area contributed by atoms with E-state index < -0.39 is 61.8 Å². The van der Waals surface area contributed by atoms with Crippen LogP contribution in [0.25, 0.3) is 0 Å². The van der Waals surface area contributed by atoms with Gasteiger partial charge in [0.15, 0.2) is 0 Å². The van der Waals surface area contributed by atoms with Gasteiger partial charge in [-0.1, -0.05) is 18.2 Å². The van der Waals surface area contributed by atoms with Gasteiger partial charge in [0.1, 0.15) is 18.3 Å². The van der Waals surface area contributed by atoms with Gasteiger partial charge in [-0.2, -0.15) is 4.98 Å². The van der Waals surface area contributed by atoms with Gasteiger partial charge >= 0.3 is 19.3 Å². The highest BCUT2D eigenvalue weighted by Gasteiger charge is 2.55. The molecule has 13 nitrogen and oxygen atoms in total. The number of rotatable bonds is 11. The number of nitrogens with zero attached hydrogens (tertiary/aromatic N) is 2. The van der Waals surface area contributed by atoms with Gasteiger partial charge in [0.2, 0.25) is 12.0 Å². The zero-order valence-electron chi connectivity index (χ0n) is 21.7.